The SMILES string of the molecule is COc1ccc(C(CN)C2CCCCCC2)c(OC)c1OC. The van der Waals surface area contributed by atoms with Gasteiger partial charge in [-0.25, -0.2) is 0 Å². The van der Waals surface area contributed by atoms with Crippen LogP contribution in [0.1, 0.15) is 50.0 Å². The number of methoxy groups -OCH3 is 3. The first-order valence-corrected chi connectivity index (χ1v) is 8.25. The van der Waals surface area contributed by atoms with Gasteiger partial charge in [0.25, 0.3) is 0 Å². The molecule has 2 rings (SSSR count). The van der Waals surface area contributed by atoms with Crippen molar-refractivity contribution in [3.8, 4) is 17.2 Å². The van der Waals surface area contributed by atoms with Crippen LogP contribution in [0.3, 0.4) is 0 Å². The fraction of sp³-hybridized carbons (Fsp3) is 0.667. The largest absolute Gasteiger partial charge is 0.493 e. The van der Waals surface area contributed by atoms with E-state index in [1.807, 2.05) is 6.07 Å². The molecule has 1 aromatic carbocycles. The molecule has 2 N–H and O–H groups in total. The van der Waals surface area contributed by atoms with Crippen molar-refractivity contribution >= 4 is 0 Å². The molecule has 0 aromatic heterocycles. The van der Waals surface area contributed by atoms with E-state index in [0.29, 0.717) is 29.9 Å². The molecule has 1 aliphatic rings. The first-order valence-electron chi connectivity index (χ1n) is 8.25. The minimum absolute atomic E-state index is 0.313. The van der Waals surface area contributed by atoms with Crippen LogP contribution in [0.4, 0.5) is 0 Å². The second-order valence-electron chi connectivity index (χ2n) is 6.02. The summed E-state index contributed by atoms with van der Waals surface area (Å²) in [6, 6.07) is 4.04. The topological polar surface area (TPSA) is 53.7 Å². The summed E-state index contributed by atoms with van der Waals surface area (Å²) in [7, 11) is 4.97. The van der Waals surface area contributed by atoms with Crippen LogP contribution in [0.5, 0.6) is 17.2 Å². The summed E-state index contributed by atoms with van der Waals surface area (Å²) in [5.74, 6) is 3.06. The van der Waals surface area contributed by atoms with Gasteiger partial charge < -0.3 is 19.9 Å². The van der Waals surface area contributed by atoms with Crippen molar-refractivity contribution in [3.63, 3.8) is 0 Å². The van der Waals surface area contributed by atoms with Gasteiger partial charge in [-0.15, -0.1) is 0 Å². The number of rotatable bonds is 6. The highest BCUT2D eigenvalue weighted by molar-refractivity contribution is 5.57. The molecular weight excluding hydrogens is 278 g/mol. The van der Waals surface area contributed by atoms with Crippen LogP contribution in [0.15, 0.2) is 12.1 Å². The molecule has 1 unspecified atom stereocenters. The number of hydrogen-bond donors (Lipinski definition) is 1. The Bertz CT molecular complexity index is 468. The Morgan fingerprint density at radius 1 is 0.955 bits per heavy atom. The fourth-order valence-electron chi connectivity index (χ4n) is 3.70. The first kappa shape index (κ1) is 16.9. The number of benzene rings is 1. The maximum atomic E-state index is 6.14. The normalized spacial score (nSPS) is 17.6. The smallest absolute Gasteiger partial charge is 0.203 e. The molecule has 1 aromatic rings. The Morgan fingerprint density at radius 2 is 1.59 bits per heavy atom. The molecule has 0 saturated heterocycles. The molecular formula is C18H29NO3. The lowest BCUT2D eigenvalue weighted by Gasteiger charge is -2.28. The van der Waals surface area contributed by atoms with Gasteiger partial charge in [0, 0.05) is 11.5 Å². The lowest BCUT2D eigenvalue weighted by Crippen LogP contribution is -2.22. The van der Waals surface area contributed by atoms with Gasteiger partial charge in [-0.3, -0.25) is 0 Å². The maximum absolute atomic E-state index is 6.14. The molecule has 0 radical (unpaired) electrons. The first-order chi connectivity index (χ1) is 10.8. The fourth-order valence-corrected chi connectivity index (χ4v) is 3.70. The summed E-state index contributed by atoms with van der Waals surface area (Å²) < 4.78 is 16.5. The Hall–Kier alpha value is -1.42. The zero-order valence-corrected chi connectivity index (χ0v) is 14.1. The van der Waals surface area contributed by atoms with Gasteiger partial charge in [0.05, 0.1) is 21.3 Å². The lowest BCUT2D eigenvalue weighted by molar-refractivity contribution is 0.312. The second kappa shape index (κ2) is 8.28. The van der Waals surface area contributed by atoms with Crippen molar-refractivity contribution in [3.05, 3.63) is 17.7 Å². The minimum Gasteiger partial charge on any atom is -0.493 e. The number of hydrogen-bond acceptors (Lipinski definition) is 4. The second-order valence-corrected chi connectivity index (χ2v) is 6.02. The summed E-state index contributed by atoms with van der Waals surface area (Å²) in [4.78, 5) is 0. The Balaban J connectivity index is 2.39. The van der Waals surface area contributed by atoms with E-state index < -0.39 is 0 Å². The van der Waals surface area contributed by atoms with E-state index in [9.17, 15) is 0 Å². The predicted octanol–water partition coefficient (Wildman–Crippen LogP) is 3.73. The molecule has 0 spiro atoms. The average Bonchev–Trinajstić information content (AvgIpc) is 2.84. The summed E-state index contributed by atoms with van der Waals surface area (Å²) in [5, 5.41) is 0. The highest BCUT2D eigenvalue weighted by atomic mass is 16.5. The maximum Gasteiger partial charge on any atom is 0.203 e. The third kappa shape index (κ3) is 3.49. The summed E-state index contributed by atoms with van der Waals surface area (Å²) in [6.45, 7) is 0.635. The van der Waals surface area contributed by atoms with Crippen LogP contribution < -0.4 is 19.9 Å². The Labute approximate surface area is 133 Å². The third-order valence-electron chi connectivity index (χ3n) is 4.86. The zero-order valence-electron chi connectivity index (χ0n) is 14.1. The molecule has 0 amide bonds. The van der Waals surface area contributed by atoms with E-state index in [1.54, 1.807) is 21.3 Å². The Morgan fingerprint density at radius 3 is 2.09 bits per heavy atom. The summed E-state index contributed by atoms with van der Waals surface area (Å²) in [5.41, 5.74) is 7.29. The van der Waals surface area contributed by atoms with Crippen molar-refractivity contribution in [2.45, 2.75) is 44.4 Å². The standard InChI is InChI=1S/C18H29NO3/c1-20-16-11-10-14(17(21-2)18(16)22-3)15(12-19)13-8-6-4-5-7-9-13/h10-11,13,15H,4-9,12,19H2,1-3H3. The van der Waals surface area contributed by atoms with E-state index in [2.05, 4.69) is 6.07 Å². The minimum atomic E-state index is 0.313. The van der Waals surface area contributed by atoms with Crippen molar-refractivity contribution in [1.82, 2.24) is 0 Å². The molecule has 0 bridgehead atoms. The van der Waals surface area contributed by atoms with Gasteiger partial charge in [0.2, 0.25) is 5.75 Å². The van der Waals surface area contributed by atoms with Gasteiger partial charge in [0.1, 0.15) is 0 Å². The third-order valence-corrected chi connectivity index (χ3v) is 4.86. The highest BCUT2D eigenvalue weighted by Crippen LogP contribution is 2.45. The van der Waals surface area contributed by atoms with Crippen molar-refractivity contribution < 1.29 is 14.2 Å². The molecule has 4 nitrogen and oxygen atoms in total. The van der Waals surface area contributed by atoms with E-state index >= 15 is 0 Å². The molecule has 1 atom stereocenters. The van der Waals surface area contributed by atoms with Gasteiger partial charge in [-0.05, 0) is 31.4 Å². The number of ether oxygens (including phenoxy) is 3. The van der Waals surface area contributed by atoms with Crippen LogP contribution in [0.25, 0.3) is 0 Å². The van der Waals surface area contributed by atoms with Crippen LogP contribution >= 0.6 is 0 Å². The lowest BCUT2D eigenvalue weighted by atomic mass is 9.81. The van der Waals surface area contributed by atoms with Gasteiger partial charge >= 0.3 is 0 Å². The number of nitrogens with two attached hydrogens (primary N) is 1. The van der Waals surface area contributed by atoms with E-state index in [-0.39, 0.29) is 0 Å². The van der Waals surface area contributed by atoms with E-state index in [0.717, 1.165) is 11.3 Å². The zero-order chi connectivity index (χ0) is 15.9. The van der Waals surface area contributed by atoms with Crippen LogP contribution in [0.2, 0.25) is 0 Å². The van der Waals surface area contributed by atoms with Gasteiger partial charge in [0.15, 0.2) is 11.5 Å². The molecule has 0 heterocycles. The van der Waals surface area contributed by atoms with Crippen LogP contribution in [-0.2, 0) is 0 Å². The predicted molar refractivity (Wildman–Crippen MR) is 89.1 cm³/mol. The van der Waals surface area contributed by atoms with E-state index in [1.165, 1.54) is 38.5 Å². The van der Waals surface area contributed by atoms with Crippen molar-refractivity contribution in [2.75, 3.05) is 27.9 Å². The quantitative estimate of drug-likeness (QED) is 0.814. The molecule has 1 fully saturated rings. The van der Waals surface area contributed by atoms with Crippen LogP contribution in [0, 0.1) is 5.92 Å². The van der Waals surface area contributed by atoms with Crippen LogP contribution in [-0.4, -0.2) is 27.9 Å². The molecule has 4 heteroatoms. The molecule has 22 heavy (non-hydrogen) atoms. The summed E-state index contributed by atoms with van der Waals surface area (Å²) >= 11 is 0. The van der Waals surface area contributed by atoms with Gasteiger partial charge in [-0.2, -0.15) is 0 Å². The average molecular weight is 307 g/mol. The Kier molecular flexibility index (Phi) is 6.37. The molecule has 1 saturated carbocycles. The van der Waals surface area contributed by atoms with E-state index in [4.69, 9.17) is 19.9 Å². The van der Waals surface area contributed by atoms with Crippen molar-refractivity contribution in [2.24, 2.45) is 11.7 Å². The van der Waals surface area contributed by atoms with Gasteiger partial charge in [-0.1, -0.05) is 31.7 Å². The van der Waals surface area contributed by atoms with Crippen molar-refractivity contribution in [1.29, 1.82) is 0 Å². The molecule has 1 aliphatic carbocycles. The monoisotopic (exact) mass is 307 g/mol. The molecule has 124 valence electrons. The summed E-state index contributed by atoms with van der Waals surface area (Å²) in [6.07, 6.45) is 7.79. The highest BCUT2D eigenvalue weighted by Gasteiger charge is 2.28. The molecule has 0 aliphatic heterocycles.